The van der Waals surface area contributed by atoms with Crippen molar-refractivity contribution in [3.8, 4) is 0 Å². The fourth-order valence-electron chi connectivity index (χ4n) is 2.07. The first-order valence-corrected chi connectivity index (χ1v) is 5.75. The molecule has 0 atom stereocenters. The topological polar surface area (TPSA) is 33.1 Å². The van der Waals surface area contributed by atoms with Crippen LogP contribution in [-0.4, -0.2) is 40.6 Å². The van der Waals surface area contributed by atoms with Crippen molar-refractivity contribution >= 4 is 0 Å². The zero-order valence-corrected chi connectivity index (χ0v) is 9.66. The van der Waals surface area contributed by atoms with Crippen LogP contribution < -0.4 is 5.32 Å². The van der Waals surface area contributed by atoms with E-state index in [1.54, 1.807) is 0 Å². The maximum absolute atomic E-state index is 4.58. The number of nitrogens with one attached hydrogen (secondary N) is 1. The van der Waals surface area contributed by atoms with Gasteiger partial charge >= 0.3 is 0 Å². The molecule has 4 nitrogen and oxygen atoms in total. The van der Waals surface area contributed by atoms with Crippen LogP contribution in [0.25, 0.3) is 0 Å². The summed E-state index contributed by atoms with van der Waals surface area (Å²) in [4.78, 5) is 7.03. The van der Waals surface area contributed by atoms with Crippen LogP contribution in [0, 0.1) is 6.92 Å². The van der Waals surface area contributed by atoms with Crippen molar-refractivity contribution in [3.63, 3.8) is 0 Å². The van der Waals surface area contributed by atoms with Crippen molar-refractivity contribution in [3.05, 3.63) is 17.7 Å². The lowest BCUT2D eigenvalue weighted by Crippen LogP contribution is -2.42. The second-order valence-corrected chi connectivity index (χ2v) is 4.09. The minimum absolute atomic E-state index is 0.996. The number of hydrogen-bond donors (Lipinski definition) is 1. The average Bonchev–Trinajstić information content (AvgIpc) is 2.60. The molecule has 1 aliphatic rings. The third kappa shape index (κ3) is 2.58. The van der Waals surface area contributed by atoms with Crippen LogP contribution in [0.4, 0.5) is 0 Å². The van der Waals surface area contributed by atoms with Crippen molar-refractivity contribution in [2.24, 2.45) is 0 Å². The summed E-state index contributed by atoms with van der Waals surface area (Å²) in [6.07, 6.45) is 2.18. The highest BCUT2D eigenvalue weighted by atomic mass is 15.2. The molecule has 0 aromatic carbocycles. The Morgan fingerprint density at radius 3 is 2.73 bits per heavy atom. The maximum atomic E-state index is 4.58. The molecule has 0 amide bonds. The second-order valence-electron chi connectivity index (χ2n) is 4.09. The van der Waals surface area contributed by atoms with Crippen molar-refractivity contribution in [2.45, 2.75) is 26.9 Å². The van der Waals surface area contributed by atoms with Gasteiger partial charge in [0.05, 0.1) is 5.69 Å². The van der Waals surface area contributed by atoms with E-state index in [4.69, 9.17) is 0 Å². The van der Waals surface area contributed by atoms with Crippen LogP contribution in [0.1, 0.15) is 18.4 Å². The Bertz CT molecular complexity index is 312. The Labute approximate surface area is 91.3 Å². The van der Waals surface area contributed by atoms with Crippen LogP contribution >= 0.6 is 0 Å². The van der Waals surface area contributed by atoms with Gasteiger partial charge in [-0.1, -0.05) is 0 Å². The van der Waals surface area contributed by atoms with Crippen LogP contribution in [-0.2, 0) is 13.1 Å². The van der Waals surface area contributed by atoms with E-state index < -0.39 is 0 Å². The summed E-state index contributed by atoms with van der Waals surface area (Å²) < 4.78 is 2.21. The minimum Gasteiger partial charge on any atom is -0.335 e. The molecule has 4 heteroatoms. The maximum Gasteiger partial charge on any atom is 0.105 e. The molecular weight excluding hydrogens is 188 g/mol. The summed E-state index contributed by atoms with van der Waals surface area (Å²) in [5.74, 6) is 1.13. The SMILES string of the molecule is CCn1cc(CN2CCNCC2)nc1C. The molecule has 0 saturated carbocycles. The highest BCUT2D eigenvalue weighted by Crippen LogP contribution is 2.06. The molecule has 2 heterocycles. The fraction of sp³-hybridized carbons (Fsp3) is 0.727. The van der Waals surface area contributed by atoms with Crippen LogP contribution in [0.15, 0.2) is 6.20 Å². The number of aryl methyl sites for hydroxylation is 2. The van der Waals surface area contributed by atoms with Gasteiger partial charge in [0.25, 0.3) is 0 Å². The number of nitrogens with zero attached hydrogens (tertiary/aromatic N) is 3. The molecule has 84 valence electrons. The molecule has 2 rings (SSSR count). The van der Waals surface area contributed by atoms with E-state index in [1.165, 1.54) is 5.69 Å². The van der Waals surface area contributed by atoms with Crippen molar-refractivity contribution in [1.29, 1.82) is 0 Å². The third-order valence-corrected chi connectivity index (χ3v) is 2.96. The van der Waals surface area contributed by atoms with Gasteiger partial charge < -0.3 is 9.88 Å². The first-order valence-electron chi connectivity index (χ1n) is 5.75. The molecule has 15 heavy (non-hydrogen) atoms. The van der Waals surface area contributed by atoms with Gasteiger partial charge in [-0.05, 0) is 13.8 Å². The normalized spacial score (nSPS) is 18.3. The quantitative estimate of drug-likeness (QED) is 0.790. The van der Waals surface area contributed by atoms with Gasteiger partial charge in [-0.2, -0.15) is 0 Å². The van der Waals surface area contributed by atoms with Crippen molar-refractivity contribution in [1.82, 2.24) is 19.8 Å². The number of hydrogen-bond acceptors (Lipinski definition) is 3. The van der Waals surface area contributed by atoms with Gasteiger partial charge in [-0.25, -0.2) is 4.98 Å². The molecule has 0 bridgehead atoms. The Balaban J connectivity index is 1.97. The lowest BCUT2D eigenvalue weighted by Gasteiger charge is -2.26. The predicted octanol–water partition coefficient (Wildman–Crippen LogP) is 0.617. The number of aromatic nitrogens is 2. The fourth-order valence-corrected chi connectivity index (χ4v) is 2.07. The van der Waals surface area contributed by atoms with E-state index in [2.05, 4.69) is 39.8 Å². The van der Waals surface area contributed by atoms with Crippen LogP contribution in [0.3, 0.4) is 0 Å². The van der Waals surface area contributed by atoms with E-state index in [9.17, 15) is 0 Å². The largest absolute Gasteiger partial charge is 0.335 e. The van der Waals surface area contributed by atoms with Gasteiger partial charge in [0.15, 0.2) is 0 Å². The number of imidazole rings is 1. The van der Waals surface area contributed by atoms with Crippen molar-refractivity contribution in [2.75, 3.05) is 26.2 Å². The Morgan fingerprint density at radius 1 is 1.40 bits per heavy atom. The van der Waals surface area contributed by atoms with E-state index >= 15 is 0 Å². The van der Waals surface area contributed by atoms with Gasteiger partial charge in [0.2, 0.25) is 0 Å². The zero-order valence-electron chi connectivity index (χ0n) is 9.66. The molecule has 1 aromatic rings. The van der Waals surface area contributed by atoms with Gasteiger partial charge in [-0.3, -0.25) is 4.90 Å². The van der Waals surface area contributed by atoms with Crippen LogP contribution in [0.2, 0.25) is 0 Å². The number of piperazine rings is 1. The molecule has 1 N–H and O–H groups in total. The van der Waals surface area contributed by atoms with Crippen molar-refractivity contribution < 1.29 is 0 Å². The van der Waals surface area contributed by atoms with E-state index in [0.717, 1.165) is 45.1 Å². The highest BCUT2D eigenvalue weighted by molar-refractivity contribution is 5.03. The smallest absolute Gasteiger partial charge is 0.105 e. The third-order valence-electron chi connectivity index (χ3n) is 2.96. The average molecular weight is 208 g/mol. The standard InChI is InChI=1S/C11H20N4/c1-3-15-9-11(13-10(15)2)8-14-6-4-12-5-7-14/h9,12H,3-8H2,1-2H3. The monoisotopic (exact) mass is 208 g/mol. The summed E-state index contributed by atoms with van der Waals surface area (Å²) in [6, 6.07) is 0. The second kappa shape index (κ2) is 4.77. The lowest BCUT2D eigenvalue weighted by atomic mass is 10.3. The highest BCUT2D eigenvalue weighted by Gasteiger charge is 2.11. The Morgan fingerprint density at radius 2 is 2.13 bits per heavy atom. The molecule has 0 unspecified atom stereocenters. The summed E-state index contributed by atoms with van der Waals surface area (Å²) in [5, 5.41) is 3.36. The first kappa shape index (κ1) is 10.6. The molecule has 1 saturated heterocycles. The summed E-state index contributed by atoms with van der Waals surface area (Å²) >= 11 is 0. The summed E-state index contributed by atoms with van der Waals surface area (Å²) in [7, 11) is 0. The van der Waals surface area contributed by atoms with Gasteiger partial charge in [0.1, 0.15) is 5.82 Å². The van der Waals surface area contributed by atoms with E-state index in [0.29, 0.717) is 0 Å². The molecule has 1 aliphatic heterocycles. The van der Waals surface area contributed by atoms with E-state index in [1.807, 2.05) is 0 Å². The predicted molar refractivity (Wildman–Crippen MR) is 60.8 cm³/mol. The molecule has 1 aromatic heterocycles. The summed E-state index contributed by atoms with van der Waals surface area (Å²) in [6.45, 7) is 10.7. The zero-order chi connectivity index (χ0) is 10.7. The van der Waals surface area contributed by atoms with Gasteiger partial charge in [-0.15, -0.1) is 0 Å². The van der Waals surface area contributed by atoms with Crippen LogP contribution in [0.5, 0.6) is 0 Å². The minimum atomic E-state index is 0.996. The molecule has 0 aliphatic carbocycles. The molecule has 0 spiro atoms. The molecular formula is C11H20N4. The Kier molecular flexibility index (Phi) is 3.38. The lowest BCUT2D eigenvalue weighted by molar-refractivity contribution is 0.231. The number of rotatable bonds is 3. The molecule has 0 radical (unpaired) electrons. The van der Waals surface area contributed by atoms with Gasteiger partial charge in [0, 0.05) is 45.5 Å². The van der Waals surface area contributed by atoms with E-state index in [-0.39, 0.29) is 0 Å². The summed E-state index contributed by atoms with van der Waals surface area (Å²) in [5.41, 5.74) is 1.20. The first-order chi connectivity index (χ1) is 7.29. The Hall–Kier alpha value is -0.870. The molecule has 1 fully saturated rings.